The molecule has 0 spiro atoms. The number of aromatic nitrogens is 1. The molecular formula is C19H25N3O. The Morgan fingerprint density at radius 3 is 2.78 bits per heavy atom. The summed E-state index contributed by atoms with van der Waals surface area (Å²) in [6.07, 6.45) is 4.67. The van der Waals surface area contributed by atoms with Gasteiger partial charge in [-0.05, 0) is 43.0 Å². The lowest BCUT2D eigenvalue weighted by molar-refractivity contribution is 0.0953. The van der Waals surface area contributed by atoms with Crippen LogP contribution in [-0.2, 0) is 6.42 Å². The summed E-state index contributed by atoms with van der Waals surface area (Å²) in [6, 6.07) is 9.78. The zero-order valence-electron chi connectivity index (χ0n) is 14.1. The largest absolute Gasteiger partial charge is 0.352 e. The van der Waals surface area contributed by atoms with E-state index in [1.165, 1.54) is 11.1 Å². The monoisotopic (exact) mass is 311 g/mol. The lowest BCUT2D eigenvalue weighted by Gasteiger charge is -2.14. The second-order valence-electron chi connectivity index (χ2n) is 5.63. The third-order valence-corrected chi connectivity index (χ3v) is 3.83. The van der Waals surface area contributed by atoms with Crippen LogP contribution in [0, 0.1) is 6.92 Å². The third kappa shape index (κ3) is 4.55. The summed E-state index contributed by atoms with van der Waals surface area (Å²) in [7, 11) is 0. The number of aryl methyl sites for hydroxylation is 2. The molecule has 2 N–H and O–H groups in total. The molecule has 4 heteroatoms. The van der Waals surface area contributed by atoms with Gasteiger partial charge in [0, 0.05) is 24.0 Å². The molecule has 23 heavy (non-hydrogen) atoms. The number of hydrogen-bond donors (Lipinski definition) is 2. The molecule has 0 unspecified atom stereocenters. The maximum atomic E-state index is 12.1. The van der Waals surface area contributed by atoms with Gasteiger partial charge in [-0.3, -0.25) is 4.79 Å². The first-order chi connectivity index (χ1) is 11.2. The number of unbranched alkanes of at least 4 members (excludes halogenated alkanes) is 1. The van der Waals surface area contributed by atoms with E-state index in [9.17, 15) is 4.79 Å². The first-order valence-corrected chi connectivity index (χ1v) is 8.25. The van der Waals surface area contributed by atoms with E-state index in [4.69, 9.17) is 0 Å². The molecule has 0 atom stereocenters. The molecule has 122 valence electrons. The summed E-state index contributed by atoms with van der Waals surface area (Å²) in [6.45, 7) is 7.01. The smallest absolute Gasteiger partial charge is 0.251 e. The normalized spacial score (nSPS) is 10.4. The van der Waals surface area contributed by atoms with Crippen LogP contribution in [0.1, 0.15) is 48.2 Å². The predicted molar refractivity (Wildman–Crippen MR) is 95.3 cm³/mol. The van der Waals surface area contributed by atoms with Crippen molar-refractivity contribution in [3.8, 4) is 0 Å². The Morgan fingerprint density at radius 1 is 1.22 bits per heavy atom. The number of pyridine rings is 1. The number of nitrogens with zero attached hydrogens (tertiary/aromatic N) is 1. The summed E-state index contributed by atoms with van der Waals surface area (Å²) < 4.78 is 0. The highest BCUT2D eigenvalue weighted by atomic mass is 16.1. The van der Waals surface area contributed by atoms with Gasteiger partial charge in [-0.2, -0.15) is 0 Å². The van der Waals surface area contributed by atoms with Crippen molar-refractivity contribution in [2.45, 2.75) is 40.0 Å². The molecule has 0 radical (unpaired) electrons. The second-order valence-corrected chi connectivity index (χ2v) is 5.63. The van der Waals surface area contributed by atoms with Crippen LogP contribution < -0.4 is 10.6 Å². The quantitative estimate of drug-likeness (QED) is 0.753. The van der Waals surface area contributed by atoms with Crippen molar-refractivity contribution in [2.75, 3.05) is 11.9 Å². The van der Waals surface area contributed by atoms with Gasteiger partial charge in [0.05, 0.1) is 0 Å². The molecule has 1 amide bonds. The average Bonchev–Trinajstić information content (AvgIpc) is 2.57. The minimum atomic E-state index is -0.0515. The summed E-state index contributed by atoms with van der Waals surface area (Å²) in [5.74, 6) is 0.640. The molecule has 0 saturated heterocycles. The lowest BCUT2D eigenvalue weighted by atomic mass is 10.1. The minimum absolute atomic E-state index is 0.0515. The Kier molecular flexibility index (Phi) is 6.15. The summed E-state index contributed by atoms with van der Waals surface area (Å²) >= 11 is 0. The zero-order chi connectivity index (χ0) is 16.7. The maximum Gasteiger partial charge on any atom is 0.251 e. The molecule has 0 bridgehead atoms. The molecule has 2 rings (SSSR count). The number of para-hydroxylation sites is 1. The number of nitrogens with one attached hydrogen (secondary N) is 2. The van der Waals surface area contributed by atoms with Gasteiger partial charge in [0.25, 0.3) is 5.91 Å². The van der Waals surface area contributed by atoms with Crippen LogP contribution >= 0.6 is 0 Å². The molecule has 2 aromatic rings. The van der Waals surface area contributed by atoms with Crippen molar-refractivity contribution in [1.29, 1.82) is 0 Å². The molecular weight excluding hydrogens is 286 g/mol. The molecule has 1 aromatic carbocycles. The van der Waals surface area contributed by atoms with Crippen LogP contribution in [0.2, 0.25) is 0 Å². The maximum absolute atomic E-state index is 12.1. The van der Waals surface area contributed by atoms with Gasteiger partial charge < -0.3 is 10.6 Å². The Hall–Kier alpha value is -2.36. The molecule has 0 aliphatic heterocycles. The first kappa shape index (κ1) is 17.0. The van der Waals surface area contributed by atoms with Crippen LogP contribution in [0.5, 0.6) is 0 Å². The van der Waals surface area contributed by atoms with Crippen LogP contribution in [0.25, 0.3) is 0 Å². The van der Waals surface area contributed by atoms with Gasteiger partial charge >= 0.3 is 0 Å². The second kappa shape index (κ2) is 8.32. The van der Waals surface area contributed by atoms with E-state index in [0.29, 0.717) is 17.9 Å². The van der Waals surface area contributed by atoms with Crippen molar-refractivity contribution in [1.82, 2.24) is 10.3 Å². The van der Waals surface area contributed by atoms with E-state index in [-0.39, 0.29) is 5.91 Å². The summed E-state index contributed by atoms with van der Waals surface area (Å²) in [5, 5.41) is 6.29. The number of rotatable bonds is 7. The fourth-order valence-corrected chi connectivity index (χ4v) is 2.45. The topological polar surface area (TPSA) is 54.0 Å². The molecule has 0 fully saturated rings. The van der Waals surface area contributed by atoms with E-state index in [0.717, 1.165) is 24.9 Å². The Bertz CT molecular complexity index is 667. The van der Waals surface area contributed by atoms with Gasteiger partial charge in [0.1, 0.15) is 5.82 Å². The molecule has 0 aliphatic carbocycles. The Labute approximate surface area is 138 Å². The van der Waals surface area contributed by atoms with Crippen LogP contribution in [0.4, 0.5) is 11.5 Å². The molecule has 1 aromatic heterocycles. The van der Waals surface area contributed by atoms with Gasteiger partial charge in [-0.15, -0.1) is 0 Å². The van der Waals surface area contributed by atoms with E-state index in [2.05, 4.69) is 54.6 Å². The van der Waals surface area contributed by atoms with Gasteiger partial charge in [-0.25, -0.2) is 4.98 Å². The lowest BCUT2D eigenvalue weighted by Crippen LogP contribution is -2.24. The molecule has 0 aliphatic rings. The number of benzene rings is 1. The van der Waals surface area contributed by atoms with Crippen molar-refractivity contribution >= 4 is 17.4 Å². The predicted octanol–water partition coefficient (Wildman–Crippen LogP) is 4.23. The fourth-order valence-electron chi connectivity index (χ4n) is 2.45. The highest BCUT2D eigenvalue weighted by Gasteiger charge is 2.09. The van der Waals surface area contributed by atoms with Gasteiger partial charge in [-0.1, -0.05) is 38.5 Å². The molecule has 4 nitrogen and oxygen atoms in total. The number of hydrogen-bond acceptors (Lipinski definition) is 3. The Morgan fingerprint density at radius 2 is 2.04 bits per heavy atom. The van der Waals surface area contributed by atoms with Gasteiger partial charge in [0.15, 0.2) is 0 Å². The molecule has 0 saturated carbocycles. The van der Waals surface area contributed by atoms with E-state index in [1.807, 2.05) is 0 Å². The standard InChI is InChI=1S/C19H25N3O/c1-4-6-11-21-19(23)16-10-12-20-17(13-16)22-18-14(3)8-7-9-15(18)5-2/h7-10,12-13H,4-6,11H2,1-3H3,(H,20,22)(H,21,23). The third-order valence-electron chi connectivity index (χ3n) is 3.83. The van der Waals surface area contributed by atoms with Crippen molar-refractivity contribution in [3.05, 3.63) is 53.2 Å². The first-order valence-electron chi connectivity index (χ1n) is 8.25. The average molecular weight is 311 g/mol. The van der Waals surface area contributed by atoms with E-state index in [1.54, 1.807) is 18.3 Å². The van der Waals surface area contributed by atoms with Crippen LogP contribution in [0.3, 0.4) is 0 Å². The summed E-state index contributed by atoms with van der Waals surface area (Å²) in [5.41, 5.74) is 4.12. The van der Waals surface area contributed by atoms with E-state index >= 15 is 0 Å². The highest BCUT2D eigenvalue weighted by Crippen LogP contribution is 2.24. The number of carbonyl (C=O) groups excluding carboxylic acids is 1. The van der Waals surface area contributed by atoms with Crippen molar-refractivity contribution < 1.29 is 4.79 Å². The minimum Gasteiger partial charge on any atom is -0.352 e. The fraction of sp³-hybridized carbons (Fsp3) is 0.368. The zero-order valence-corrected chi connectivity index (χ0v) is 14.1. The molecule has 1 heterocycles. The van der Waals surface area contributed by atoms with Crippen LogP contribution in [0.15, 0.2) is 36.5 Å². The van der Waals surface area contributed by atoms with Crippen molar-refractivity contribution in [2.24, 2.45) is 0 Å². The van der Waals surface area contributed by atoms with Crippen molar-refractivity contribution in [3.63, 3.8) is 0 Å². The number of anilines is 2. The van der Waals surface area contributed by atoms with E-state index < -0.39 is 0 Å². The highest BCUT2D eigenvalue weighted by molar-refractivity contribution is 5.94. The Balaban J connectivity index is 2.16. The number of amides is 1. The van der Waals surface area contributed by atoms with Gasteiger partial charge in [0.2, 0.25) is 0 Å². The van der Waals surface area contributed by atoms with Crippen LogP contribution in [-0.4, -0.2) is 17.4 Å². The SMILES string of the molecule is CCCCNC(=O)c1ccnc(Nc2c(C)cccc2CC)c1. The number of carbonyl (C=O) groups is 1. The summed E-state index contributed by atoms with van der Waals surface area (Å²) in [4.78, 5) is 16.5.